The van der Waals surface area contributed by atoms with Crippen molar-refractivity contribution < 1.29 is 23.1 Å². The molecule has 1 unspecified atom stereocenters. The molecule has 0 aliphatic rings. The first kappa shape index (κ1) is 21.3. The highest BCUT2D eigenvalue weighted by Crippen LogP contribution is 2.32. The van der Waals surface area contributed by atoms with Crippen LogP contribution in [0.25, 0.3) is 12.2 Å². The van der Waals surface area contributed by atoms with E-state index in [1.165, 1.54) is 30.4 Å². The molecule has 0 fully saturated rings. The standard InChI is InChI=1S/C24H20F3NO2/c25-24(26,27)21-12-5-4-8-18(21)14-13-17-7-6-11-20(15-17)23(30)28-16-22(29)19-9-2-1-3-10-19/h1-15,22,29H,16H2,(H,28,30)/b14-13+. The van der Waals surface area contributed by atoms with Gasteiger partial charge < -0.3 is 10.4 Å². The lowest BCUT2D eigenvalue weighted by Gasteiger charge is -2.12. The summed E-state index contributed by atoms with van der Waals surface area (Å²) < 4.78 is 39.3. The zero-order chi connectivity index (χ0) is 21.6. The van der Waals surface area contributed by atoms with Crippen molar-refractivity contribution >= 4 is 18.1 Å². The van der Waals surface area contributed by atoms with E-state index in [0.717, 1.165) is 6.07 Å². The van der Waals surface area contributed by atoms with E-state index in [9.17, 15) is 23.1 Å². The Morgan fingerprint density at radius 3 is 2.37 bits per heavy atom. The lowest BCUT2D eigenvalue weighted by atomic mass is 10.0. The van der Waals surface area contributed by atoms with Gasteiger partial charge in [0, 0.05) is 12.1 Å². The summed E-state index contributed by atoms with van der Waals surface area (Å²) in [7, 11) is 0. The van der Waals surface area contributed by atoms with Crippen LogP contribution in [0.1, 0.15) is 38.7 Å². The monoisotopic (exact) mass is 411 g/mol. The number of aliphatic hydroxyl groups is 1. The van der Waals surface area contributed by atoms with Crippen LogP contribution in [0.3, 0.4) is 0 Å². The van der Waals surface area contributed by atoms with E-state index in [2.05, 4.69) is 5.32 Å². The molecule has 30 heavy (non-hydrogen) atoms. The molecule has 2 N–H and O–H groups in total. The van der Waals surface area contributed by atoms with Crippen molar-refractivity contribution in [2.45, 2.75) is 12.3 Å². The third-order valence-electron chi connectivity index (χ3n) is 4.51. The largest absolute Gasteiger partial charge is 0.416 e. The average Bonchev–Trinajstić information content (AvgIpc) is 2.76. The van der Waals surface area contributed by atoms with E-state index >= 15 is 0 Å². The SMILES string of the molecule is O=C(NCC(O)c1ccccc1)c1cccc(/C=C/c2ccccc2C(F)(F)F)c1. The molecule has 0 spiro atoms. The molecule has 0 aromatic heterocycles. The molecule has 6 heteroatoms. The number of halogens is 3. The van der Waals surface area contributed by atoms with Gasteiger partial charge in [0.05, 0.1) is 11.7 Å². The fourth-order valence-electron chi connectivity index (χ4n) is 2.95. The normalized spacial score (nSPS) is 12.7. The minimum absolute atomic E-state index is 0.0435. The number of nitrogens with one attached hydrogen (secondary N) is 1. The molecule has 3 nitrogen and oxygen atoms in total. The Balaban J connectivity index is 1.69. The smallest absolute Gasteiger partial charge is 0.387 e. The third-order valence-corrected chi connectivity index (χ3v) is 4.51. The number of hydrogen-bond donors (Lipinski definition) is 2. The van der Waals surface area contributed by atoms with Crippen LogP contribution in [-0.4, -0.2) is 17.6 Å². The van der Waals surface area contributed by atoms with Crippen molar-refractivity contribution in [2.24, 2.45) is 0 Å². The Kier molecular flexibility index (Phi) is 6.69. The van der Waals surface area contributed by atoms with Crippen LogP contribution < -0.4 is 5.32 Å². The van der Waals surface area contributed by atoms with Gasteiger partial charge >= 0.3 is 6.18 Å². The van der Waals surface area contributed by atoms with E-state index in [1.54, 1.807) is 48.5 Å². The van der Waals surface area contributed by atoms with E-state index in [1.807, 2.05) is 6.07 Å². The van der Waals surface area contributed by atoms with E-state index in [-0.39, 0.29) is 18.0 Å². The van der Waals surface area contributed by atoms with Crippen molar-refractivity contribution in [2.75, 3.05) is 6.54 Å². The molecule has 0 heterocycles. The highest BCUT2D eigenvalue weighted by Gasteiger charge is 2.32. The number of aliphatic hydroxyl groups excluding tert-OH is 1. The highest BCUT2D eigenvalue weighted by atomic mass is 19.4. The molecule has 3 rings (SSSR count). The number of carbonyl (C=O) groups is 1. The van der Waals surface area contributed by atoms with Gasteiger partial charge in [0.25, 0.3) is 5.91 Å². The summed E-state index contributed by atoms with van der Waals surface area (Å²) in [4.78, 5) is 12.4. The van der Waals surface area contributed by atoms with Gasteiger partial charge in [-0.15, -0.1) is 0 Å². The van der Waals surface area contributed by atoms with E-state index in [4.69, 9.17) is 0 Å². The third kappa shape index (κ3) is 5.58. The topological polar surface area (TPSA) is 49.3 Å². The van der Waals surface area contributed by atoms with E-state index in [0.29, 0.717) is 16.7 Å². The van der Waals surface area contributed by atoms with Gasteiger partial charge in [-0.25, -0.2) is 0 Å². The summed E-state index contributed by atoms with van der Waals surface area (Å²) in [6.45, 7) is 0.0435. The number of hydrogen-bond acceptors (Lipinski definition) is 2. The Bertz CT molecular complexity index is 1030. The van der Waals surface area contributed by atoms with Crippen LogP contribution in [-0.2, 0) is 6.18 Å². The van der Waals surface area contributed by atoms with Gasteiger partial charge in [-0.1, -0.05) is 72.8 Å². The summed E-state index contributed by atoms with van der Waals surface area (Å²) in [6, 6.07) is 20.8. The maximum atomic E-state index is 13.1. The lowest BCUT2D eigenvalue weighted by Crippen LogP contribution is -2.28. The molecule has 154 valence electrons. The second-order valence-corrected chi connectivity index (χ2v) is 6.68. The quantitative estimate of drug-likeness (QED) is 0.538. The molecule has 0 radical (unpaired) electrons. The summed E-state index contributed by atoms with van der Waals surface area (Å²) in [5.41, 5.74) is 0.957. The number of rotatable bonds is 6. The summed E-state index contributed by atoms with van der Waals surface area (Å²) in [5, 5.41) is 12.8. The fraction of sp³-hybridized carbons (Fsp3) is 0.125. The second kappa shape index (κ2) is 9.41. The van der Waals surface area contributed by atoms with Crippen molar-refractivity contribution in [3.05, 3.63) is 107 Å². The van der Waals surface area contributed by atoms with Crippen LogP contribution in [0.5, 0.6) is 0 Å². The zero-order valence-corrected chi connectivity index (χ0v) is 15.9. The van der Waals surface area contributed by atoms with Gasteiger partial charge in [0.2, 0.25) is 0 Å². The minimum atomic E-state index is -4.44. The molecule has 3 aromatic rings. The first-order valence-electron chi connectivity index (χ1n) is 9.30. The van der Waals surface area contributed by atoms with Crippen molar-refractivity contribution in [3.8, 4) is 0 Å². The van der Waals surface area contributed by atoms with Crippen molar-refractivity contribution in [3.63, 3.8) is 0 Å². The predicted molar refractivity (Wildman–Crippen MR) is 111 cm³/mol. The highest BCUT2D eigenvalue weighted by molar-refractivity contribution is 5.95. The molecular weight excluding hydrogens is 391 g/mol. The lowest BCUT2D eigenvalue weighted by molar-refractivity contribution is -0.137. The van der Waals surface area contributed by atoms with Crippen LogP contribution in [0.4, 0.5) is 13.2 Å². The minimum Gasteiger partial charge on any atom is -0.387 e. The molecular formula is C24H20F3NO2. The Morgan fingerprint density at radius 2 is 1.63 bits per heavy atom. The van der Waals surface area contributed by atoms with Gasteiger partial charge in [-0.2, -0.15) is 13.2 Å². The fourth-order valence-corrected chi connectivity index (χ4v) is 2.95. The summed E-state index contributed by atoms with van der Waals surface area (Å²) in [5.74, 6) is -0.379. The van der Waals surface area contributed by atoms with Crippen LogP contribution in [0.15, 0.2) is 78.9 Å². The van der Waals surface area contributed by atoms with E-state index < -0.39 is 17.8 Å². The predicted octanol–water partition coefficient (Wildman–Crippen LogP) is 5.34. The van der Waals surface area contributed by atoms with Gasteiger partial charge in [0.15, 0.2) is 0 Å². The molecule has 0 aliphatic carbocycles. The molecule has 3 aromatic carbocycles. The Hall–Kier alpha value is -3.38. The Morgan fingerprint density at radius 1 is 0.933 bits per heavy atom. The van der Waals surface area contributed by atoms with Gasteiger partial charge in [-0.3, -0.25) is 4.79 Å². The molecule has 0 saturated carbocycles. The number of amides is 1. The second-order valence-electron chi connectivity index (χ2n) is 6.68. The summed E-state index contributed by atoms with van der Waals surface area (Å²) >= 11 is 0. The van der Waals surface area contributed by atoms with Crippen LogP contribution in [0.2, 0.25) is 0 Å². The maximum Gasteiger partial charge on any atom is 0.416 e. The molecule has 0 aliphatic heterocycles. The van der Waals surface area contributed by atoms with Crippen LogP contribution in [0, 0.1) is 0 Å². The number of alkyl halides is 3. The first-order chi connectivity index (χ1) is 14.3. The number of benzene rings is 3. The van der Waals surface area contributed by atoms with Gasteiger partial charge in [-0.05, 0) is 34.9 Å². The number of carbonyl (C=O) groups excluding carboxylic acids is 1. The zero-order valence-electron chi connectivity index (χ0n) is 15.9. The molecule has 0 saturated heterocycles. The molecule has 1 amide bonds. The molecule has 0 bridgehead atoms. The average molecular weight is 411 g/mol. The summed E-state index contributed by atoms with van der Waals surface area (Å²) in [6.07, 6.45) is -2.38. The van der Waals surface area contributed by atoms with Crippen molar-refractivity contribution in [1.29, 1.82) is 0 Å². The maximum absolute atomic E-state index is 13.1. The first-order valence-corrected chi connectivity index (χ1v) is 9.30. The molecule has 1 atom stereocenters. The van der Waals surface area contributed by atoms with Gasteiger partial charge in [0.1, 0.15) is 0 Å². The van der Waals surface area contributed by atoms with Crippen LogP contribution >= 0.6 is 0 Å². The van der Waals surface area contributed by atoms with Crippen molar-refractivity contribution in [1.82, 2.24) is 5.32 Å². The Labute approximate surface area is 172 Å².